The van der Waals surface area contributed by atoms with E-state index in [0.717, 1.165) is 25.9 Å². The van der Waals surface area contributed by atoms with Crippen LogP contribution in [0.5, 0.6) is 5.88 Å². The van der Waals surface area contributed by atoms with Crippen LogP contribution in [-0.2, 0) is 6.54 Å². The van der Waals surface area contributed by atoms with E-state index in [4.69, 9.17) is 4.74 Å². The molecule has 1 fully saturated rings. The molecule has 0 radical (unpaired) electrons. The number of ether oxygens (including phenoxy) is 1. The number of rotatable bonds is 3. The van der Waals surface area contributed by atoms with Crippen LogP contribution in [0.3, 0.4) is 0 Å². The molecule has 0 aliphatic carbocycles. The molecule has 2 heterocycles. The largest absolute Gasteiger partial charge is 0.480 e. The Morgan fingerprint density at radius 1 is 1.57 bits per heavy atom. The highest BCUT2D eigenvalue weighted by atomic mass is 79.9. The van der Waals surface area contributed by atoms with Crippen LogP contribution in [0.15, 0.2) is 10.8 Å². The molecule has 2 amide bonds. The quantitative estimate of drug-likeness (QED) is 0.903. The van der Waals surface area contributed by atoms with Crippen molar-refractivity contribution in [1.29, 1.82) is 0 Å². The smallest absolute Gasteiger partial charge is 0.317 e. The zero-order valence-electron chi connectivity index (χ0n) is 12.6. The summed E-state index contributed by atoms with van der Waals surface area (Å²) in [5.74, 6) is 0.428. The number of carbonyl (C=O) groups excluding carboxylic acids is 1. The van der Waals surface area contributed by atoms with E-state index in [0.29, 0.717) is 22.7 Å². The molecule has 0 saturated carbocycles. The second kappa shape index (κ2) is 6.60. The predicted octanol–water partition coefficient (Wildman–Crippen LogP) is 2.58. The van der Waals surface area contributed by atoms with Gasteiger partial charge in [0.15, 0.2) is 0 Å². The Balaban J connectivity index is 1.96. The van der Waals surface area contributed by atoms with Gasteiger partial charge in [-0.3, -0.25) is 0 Å². The van der Waals surface area contributed by atoms with Crippen LogP contribution < -0.4 is 10.1 Å². The molecule has 116 valence electrons. The van der Waals surface area contributed by atoms with Crippen molar-refractivity contribution in [1.82, 2.24) is 20.2 Å². The monoisotopic (exact) mass is 356 g/mol. The molecule has 0 aromatic carbocycles. The van der Waals surface area contributed by atoms with Crippen molar-refractivity contribution in [2.45, 2.75) is 33.2 Å². The molecule has 0 bridgehead atoms. The van der Waals surface area contributed by atoms with E-state index in [9.17, 15) is 4.79 Å². The third kappa shape index (κ3) is 4.30. The SMILES string of the molecule is COc1ncc(Br)nc1CNC(=O)N1CCCC(C)(C)C1. The third-order valence-electron chi connectivity index (χ3n) is 3.57. The number of methoxy groups -OCH3 is 1. The summed E-state index contributed by atoms with van der Waals surface area (Å²) >= 11 is 3.27. The lowest BCUT2D eigenvalue weighted by molar-refractivity contribution is 0.129. The molecule has 1 saturated heterocycles. The fourth-order valence-electron chi connectivity index (χ4n) is 2.55. The van der Waals surface area contributed by atoms with Crippen LogP contribution in [0.1, 0.15) is 32.4 Å². The zero-order valence-corrected chi connectivity index (χ0v) is 14.2. The van der Waals surface area contributed by atoms with Crippen LogP contribution in [0.25, 0.3) is 0 Å². The van der Waals surface area contributed by atoms with Gasteiger partial charge in [0.25, 0.3) is 0 Å². The Morgan fingerprint density at radius 3 is 3.00 bits per heavy atom. The van der Waals surface area contributed by atoms with Gasteiger partial charge in [-0.25, -0.2) is 14.8 Å². The fourth-order valence-corrected chi connectivity index (χ4v) is 2.86. The van der Waals surface area contributed by atoms with Crippen molar-refractivity contribution in [2.24, 2.45) is 5.41 Å². The molecule has 1 N–H and O–H groups in total. The molecule has 1 aliphatic rings. The highest BCUT2D eigenvalue weighted by Gasteiger charge is 2.29. The molecule has 0 unspecified atom stereocenters. The lowest BCUT2D eigenvalue weighted by Gasteiger charge is -2.37. The summed E-state index contributed by atoms with van der Waals surface area (Å²) in [6.07, 6.45) is 3.76. The van der Waals surface area contributed by atoms with Crippen LogP contribution in [-0.4, -0.2) is 41.1 Å². The Hall–Kier alpha value is -1.37. The minimum absolute atomic E-state index is 0.0633. The fraction of sp³-hybridized carbons (Fsp3) is 0.643. The average Bonchev–Trinajstić information content (AvgIpc) is 2.43. The highest BCUT2D eigenvalue weighted by Crippen LogP contribution is 2.28. The van der Waals surface area contributed by atoms with Crippen LogP contribution in [0.4, 0.5) is 4.79 Å². The van der Waals surface area contributed by atoms with Gasteiger partial charge in [0.2, 0.25) is 5.88 Å². The Labute approximate surface area is 133 Å². The number of nitrogens with zero attached hydrogens (tertiary/aromatic N) is 3. The molecule has 21 heavy (non-hydrogen) atoms. The first-order valence-electron chi connectivity index (χ1n) is 6.99. The molecule has 2 rings (SSSR count). The first-order valence-corrected chi connectivity index (χ1v) is 7.79. The molecule has 0 atom stereocenters. The van der Waals surface area contributed by atoms with Gasteiger partial charge < -0.3 is 15.0 Å². The first kappa shape index (κ1) is 16.0. The summed E-state index contributed by atoms with van der Waals surface area (Å²) in [6.45, 7) is 6.26. The maximum atomic E-state index is 12.3. The van der Waals surface area contributed by atoms with Crippen molar-refractivity contribution in [3.63, 3.8) is 0 Å². The van der Waals surface area contributed by atoms with Crippen molar-refractivity contribution < 1.29 is 9.53 Å². The number of piperidine rings is 1. The van der Waals surface area contributed by atoms with E-state index >= 15 is 0 Å². The first-order chi connectivity index (χ1) is 9.91. The highest BCUT2D eigenvalue weighted by molar-refractivity contribution is 9.10. The molecule has 6 nitrogen and oxygen atoms in total. The van der Waals surface area contributed by atoms with E-state index < -0.39 is 0 Å². The van der Waals surface area contributed by atoms with Gasteiger partial charge in [-0.15, -0.1) is 0 Å². The molecule has 7 heteroatoms. The summed E-state index contributed by atoms with van der Waals surface area (Å²) in [6, 6.07) is -0.0633. The molecular weight excluding hydrogens is 336 g/mol. The van der Waals surface area contributed by atoms with Gasteiger partial charge >= 0.3 is 6.03 Å². The minimum atomic E-state index is -0.0633. The van der Waals surface area contributed by atoms with E-state index in [-0.39, 0.29) is 11.4 Å². The van der Waals surface area contributed by atoms with Gasteiger partial charge in [-0.2, -0.15) is 0 Å². The van der Waals surface area contributed by atoms with Crippen molar-refractivity contribution >= 4 is 22.0 Å². The number of amides is 2. The molecule has 1 aliphatic heterocycles. The van der Waals surface area contributed by atoms with Crippen LogP contribution in [0.2, 0.25) is 0 Å². The Morgan fingerprint density at radius 2 is 2.33 bits per heavy atom. The lowest BCUT2D eigenvalue weighted by Crippen LogP contribution is -2.47. The molecule has 1 aromatic rings. The number of carbonyl (C=O) groups is 1. The van der Waals surface area contributed by atoms with Gasteiger partial charge in [0.1, 0.15) is 10.3 Å². The maximum absolute atomic E-state index is 12.3. The minimum Gasteiger partial charge on any atom is -0.480 e. The van der Waals surface area contributed by atoms with E-state index in [1.165, 1.54) is 7.11 Å². The van der Waals surface area contributed by atoms with E-state index in [1.807, 2.05) is 4.90 Å². The van der Waals surface area contributed by atoms with Gasteiger partial charge in [0, 0.05) is 13.1 Å². The van der Waals surface area contributed by atoms with E-state index in [2.05, 4.69) is 45.1 Å². The van der Waals surface area contributed by atoms with Crippen LogP contribution in [0, 0.1) is 5.41 Å². The summed E-state index contributed by atoms with van der Waals surface area (Å²) in [7, 11) is 1.54. The van der Waals surface area contributed by atoms with Gasteiger partial charge in [-0.05, 0) is 34.2 Å². The second-order valence-corrected chi connectivity index (χ2v) is 6.81. The topological polar surface area (TPSA) is 67.4 Å². The number of likely N-dealkylation sites (tertiary alicyclic amines) is 1. The Bertz CT molecular complexity index is 522. The van der Waals surface area contributed by atoms with Gasteiger partial charge in [0.05, 0.1) is 19.9 Å². The second-order valence-electron chi connectivity index (χ2n) is 6.00. The third-order valence-corrected chi connectivity index (χ3v) is 3.95. The number of hydrogen-bond donors (Lipinski definition) is 1. The normalized spacial score (nSPS) is 17.4. The predicted molar refractivity (Wildman–Crippen MR) is 83.1 cm³/mol. The molecular formula is C14H21BrN4O2. The summed E-state index contributed by atoms with van der Waals surface area (Å²) in [4.78, 5) is 22.5. The summed E-state index contributed by atoms with van der Waals surface area (Å²) in [5.41, 5.74) is 0.791. The number of nitrogens with one attached hydrogen (secondary N) is 1. The zero-order chi connectivity index (χ0) is 15.5. The Kier molecular flexibility index (Phi) is 5.03. The standard InChI is InChI=1S/C14H21BrN4O2/c1-14(2)5-4-6-19(9-14)13(20)17-7-10-12(21-3)16-8-11(15)18-10/h8H,4-7,9H2,1-3H3,(H,17,20). The van der Waals surface area contributed by atoms with Crippen LogP contribution >= 0.6 is 15.9 Å². The average molecular weight is 357 g/mol. The van der Waals surface area contributed by atoms with Gasteiger partial charge in [-0.1, -0.05) is 13.8 Å². The summed E-state index contributed by atoms with van der Waals surface area (Å²) < 4.78 is 5.77. The van der Waals surface area contributed by atoms with Crippen molar-refractivity contribution in [2.75, 3.05) is 20.2 Å². The maximum Gasteiger partial charge on any atom is 0.317 e. The van der Waals surface area contributed by atoms with Crippen molar-refractivity contribution in [3.8, 4) is 5.88 Å². The molecule has 1 aromatic heterocycles. The number of halogens is 1. The van der Waals surface area contributed by atoms with E-state index in [1.54, 1.807) is 6.20 Å². The van der Waals surface area contributed by atoms with Crippen molar-refractivity contribution in [3.05, 3.63) is 16.5 Å². The number of aromatic nitrogens is 2. The lowest BCUT2D eigenvalue weighted by atomic mass is 9.84. The number of hydrogen-bond acceptors (Lipinski definition) is 4. The molecule has 0 spiro atoms. The summed E-state index contributed by atoms with van der Waals surface area (Å²) in [5, 5.41) is 2.89. The number of urea groups is 1.